The topological polar surface area (TPSA) is 99.4 Å². The van der Waals surface area contributed by atoms with Crippen molar-refractivity contribution in [3.8, 4) is 0 Å². The van der Waals surface area contributed by atoms with Crippen LogP contribution in [0.1, 0.15) is 0 Å². The largest absolute Gasteiger partial charge is 0.468 e. The van der Waals surface area contributed by atoms with Crippen LogP contribution in [0.15, 0.2) is 35.3 Å². The number of aldehydes is 1. The van der Waals surface area contributed by atoms with Crippen LogP contribution in [0, 0.1) is 0 Å². The normalized spacial score (nSPS) is 16.7. The number of alkyl halides is 3. The standard InChI is InChI=1S/C13H14F3NO5/c14-13(15,16)12(17-8-4-2-1-3-5-8)22-10(7-19)11(21)9(20)6-18/h1-5,7,9-11,18,20-21H,6H2/t9-,10-,11-/m1/s1. The number of aliphatic imine (C=N–C) groups is 1. The zero-order valence-corrected chi connectivity index (χ0v) is 11.1. The fourth-order valence-corrected chi connectivity index (χ4v) is 1.41. The van der Waals surface area contributed by atoms with Gasteiger partial charge in [0.2, 0.25) is 0 Å². The first-order valence-electron chi connectivity index (χ1n) is 6.09. The lowest BCUT2D eigenvalue weighted by Crippen LogP contribution is -2.44. The first kappa shape index (κ1) is 18.1. The maximum Gasteiger partial charge on any atom is 0.468 e. The summed E-state index contributed by atoms with van der Waals surface area (Å²) in [6.07, 6.45) is -11.0. The summed E-state index contributed by atoms with van der Waals surface area (Å²) in [5.41, 5.74) is -0.0725. The van der Waals surface area contributed by atoms with E-state index in [0.29, 0.717) is 0 Å². The van der Waals surface area contributed by atoms with Crippen molar-refractivity contribution in [3.63, 3.8) is 0 Å². The van der Waals surface area contributed by atoms with Crippen LogP contribution in [0.25, 0.3) is 0 Å². The van der Waals surface area contributed by atoms with Crippen LogP contribution >= 0.6 is 0 Å². The Morgan fingerprint density at radius 1 is 1.27 bits per heavy atom. The number of benzene rings is 1. The molecule has 122 valence electrons. The average molecular weight is 321 g/mol. The second-order valence-corrected chi connectivity index (χ2v) is 4.21. The van der Waals surface area contributed by atoms with Gasteiger partial charge in [-0.2, -0.15) is 13.2 Å². The van der Waals surface area contributed by atoms with Crippen LogP contribution in [-0.2, 0) is 9.53 Å². The molecule has 3 N–H and O–H groups in total. The molecule has 1 aromatic carbocycles. The Morgan fingerprint density at radius 2 is 1.86 bits per heavy atom. The minimum absolute atomic E-state index is 0.0725. The number of hydrogen-bond acceptors (Lipinski definition) is 6. The molecule has 0 unspecified atom stereocenters. The van der Waals surface area contributed by atoms with E-state index in [9.17, 15) is 28.2 Å². The minimum atomic E-state index is -5.01. The lowest BCUT2D eigenvalue weighted by Gasteiger charge is -2.23. The van der Waals surface area contributed by atoms with Gasteiger partial charge >= 0.3 is 6.18 Å². The average Bonchev–Trinajstić information content (AvgIpc) is 2.49. The predicted octanol–water partition coefficient (Wildman–Crippen LogP) is 0.577. The van der Waals surface area contributed by atoms with Gasteiger partial charge in [-0.05, 0) is 12.1 Å². The van der Waals surface area contributed by atoms with Crippen molar-refractivity contribution in [2.24, 2.45) is 4.99 Å². The van der Waals surface area contributed by atoms with Gasteiger partial charge in [0.15, 0.2) is 12.4 Å². The van der Waals surface area contributed by atoms with Crippen molar-refractivity contribution in [1.82, 2.24) is 0 Å². The molecule has 0 saturated carbocycles. The Bertz CT molecular complexity index is 506. The van der Waals surface area contributed by atoms with E-state index in [0.717, 1.165) is 0 Å². The van der Waals surface area contributed by atoms with Gasteiger partial charge in [0.25, 0.3) is 5.90 Å². The Labute approximate surface area is 123 Å². The van der Waals surface area contributed by atoms with Gasteiger partial charge < -0.3 is 20.1 Å². The molecule has 0 bridgehead atoms. The van der Waals surface area contributed by atoms with E-state index in [1.165, 1.54) is 24.3 Å². The summed E-state index contributed by atoms with van der Waals surface area (Å²) in [7, 11) is 0. The number of aliphatic hydroxyl groups excluding tert-OH is 3. The third-order valence-electron chi connectivity index (χ3n) is 2.53. The van der Waals surface area contributed by atoms with Gasteiger partial charge in [0, 0.05) is 0 Å². The van der Waals surface area contributed by atoms with Crippen molar-refractivity contribution in [3.05, 3.63) is 30.3 Å². The van der Waals surface area contributed by atoms with Gasteiger partial charge in [-0.15, -0.1) is 0 Å². The number of halogens is 3. The van der Waals surface area contributed by atoms with E-state index in [1.807, 2.05) is 0 Å². The fourth-order valence-electron chi connectivity index (χ4n) is 1.41. The molecule has 0 fully saturated rings. The maximum atomic E-state index is 12.9. The van der Waals surface area contributed by atoms with E-state index in [1.54, 1.807) is 6.07 Å². The highest BCUT2D eigenvalue weighted by atomic mass is 19.4. The number of carbonyl (C=O) groups is 1. The predicted molar refractivity (Wildman–Crippen MR) is 69.6 cm³/mol. The second kappa shape index (κ2) is 7.87. The van der Waals surface area contributed by atoms with Gasteiger partial charge in [0.1, 0.15) is 12.2 Å². The zero-order valence-electron chi connectivity index (χ0n) is 11.1. The van der Waals surface area contributed by atoms with Gasteiger partial charge in [0.05, 0.1) is 12.3 Å². The van der Waals surface area contributed by atoms with Crippen molar-refractivity contribution in [2.45, 2.75) is 24.5 Å². The number of carbonyl (C=O) groups excluding carboxylic acids is 1. The third-order valence-corrected chi connectivity index (χ3v) is 2.53. The third kappa shape index (κ3) is 5.10. The molecule has 0 radical (unpaired) electrons. The minimum Gasteiger partial charge on any atom is -0.460 e. The van der Waals surface area contributed by atoms with Crippen LogP contribution in [0.5, 0.6) is 0 Å². The summed E-state index contributed by atoms with van der Waals surface area (Å²) in [6.45, 7) is -0.952. The van der Waals surface area contributed by atoms with Crippen molar-refractivity contribution in [2.75, 3.05) is 6.61 Å². The highest BCUT2D eigenvalue weighted by molar-refractivity contribution is 5.86. The lowest BCUT2D eigenvalue weighted by atomic mass is 10.1. The number of ether oxygens (including phenoxy) is 1. The molecule has 1 aromatic rings. The molecule has 0 saturated heterocycles. The van der Waals surface area contributed by atoms with E-state index >= 15 is 0 Å². The highest BCUT2D eigenvalue weighted by Gasteiger charge is 2.41. The summed E-state index contributed by atoms with van der Waals surface area (Å²) >= 11 is 0. The van der Waals surface area contributed by atoms with E-state index in [-0.39, 0.29) is 12.0 Å². The zero-order chi connectivity index (χ0) is 16.8. The molecule has 0 amide bonds. The number of aliphatic hydroxyl groups is 3. The van der Waals surface area contributed by atoms with Gasteiger partial charge in [-0.3, -0.25) is 4.79 Å². The summed E-state index contributed by atoms with van der Waals surface area (Å²) in [4.78, 5) is 14.0. The quantitative estimate of drug-likeness (QED) is 0.404. The molecule has 1 rings (SSSR count). The van der Waals surface area contributed by atoms with Crippen LogP contribution in [0.4, 0.5) is 18.9 Å². The molecule has 22 heavy (non-hydrogen) atoms. The van der Waals surface area contributed by atoms with E-state index in [2.05, 4.69) is 9.73 Å². The monoisotopic (exact) mass is 321 g/mol. The first-order chi connectivity index (χ1) is 10.3. The summed E-state index contributed by atoms with van der Waals surface area (Å²) in [5, 5.41) is 27.3. The van der Waals surface area contributed by atoms with Crippen LogP contribution in [0.2, 0.25) is 0 Å². The second-order valence-electron chi connectivity index (χ2n) is 4.21. The summed E-state index contributed by atoms with van der Waals surface area (Å²) < 4.78 is 43.0. The molecule has 0 heterocycles. The molecule has 0 aliphatic rings. The molecule has 3 atom stereocenters. The SMILES string of the molecule is O=C[C@@H](OC(=Nc1ccccc1)C(F)(F)F)[C@H](O)[C@H](O)CO. The lowest BCUT2D eigenvalue weighted by molar-refractivity contribution is -0.133. The molecule has 0 spiro atoms. The van der Waals surface area contributed by atoms with Crippen LogP contribution in [-0.4, -0.2) is 58.6 Å². The summed E-state index contributed by atoms with van der Waals surface area (Å²) in [6, 6.07) is 7.04. The molecule has 9 heteroatoms. The molecule has 0 aromatic heterocycles. The van der Waals surface area contributed by atoms with E-state index < -0.39 is 37.0 Å². The van der Waals surface area contributed by atoms with Crippen LogP contribution in [0.3, 0.4) is 0 Å². The van der Waals surface area contributed by atoms with Gasteiger partial charge in [-0.25, -0.2) is 4.99 Å². The number of hydrogen-bond donors (Lipinski definition) is 3. The Morgan fingerprint density at radius 3 is 2.32 bits per heavy atom. The highest BCUT2D eigenvalue weighted by Crippen LogP contribution is 2.23. The fraction of sp³-hybridized carbons (Fsp3) is 0.385. The number of nitrogens with zero attached hydrogens (tertiary/aromatic N) is 1. The Kier molecular flexibility index (Phi) is 6.47. The van der Waals surface area contributed by atoms with E-state index in [4.69, 9.17) is 5.11 Å². The summed E-state index contributed by atoms with van der Waals surface area (Å²) in [5.74, 6) is -1.75. The number of para-hydroxylation sites is 1. The molecular formula is C13H14F3NO5. The Hall–Kier alpha value is -1.97. The van der Waals surface area contributed by atoms with Crippen molar-refractivity contribution in [1.29, 1.82) is 0 Å². The van der Waals surface area contributed by atoms with Crippen LogP contribution < -0.4 is 0 Å². The van der Waals surface area contributed by atoms with Crippen molar-refractivity contribution >= 4 is 17.9 Å². The number of rotatable bonds is 6. The first-order valence-corrected chi connectivity index (χ1v) is 6.09. The molecule has 0 aliphatic heterocycles. The smallest absolute Gasteiger partial charge is 0.460 e. The Balaban J connectivity index is 3.04. The maximum absolute atomic E-state index is 12.9. The van der Waals surface area contributed by atoms with Crippen molar-refractivity contribution < 1.29 is 38.0 Å². The van der Waals surface area contributed by atoms with Gasteiger partial charge in [-0.1, -0.05) is 18.2 Å². The molecule has 6 nitrogen and oxygen atoms in total. The molecule has 0 aliphatic carbocycles. The molecular weight excluding hydrogens is 307 g/mol.